The Bertz CT molecular complexity index is 805. The average Bonchev–Trinajstić information content (AvgIpc) is 3.01. The molecular weight excluding hydrogens is 425 g/mol. The molecule has 0 spiro atoms. The van der Waals surface area contributed by atoms with Gasteiger partial charge in [0.05, 0.1) is 5.54 Å². The van der Waals surface area contributed by atoms with Crippen molar-refractivity contribution in [1.82, 2.24) is 15.2 Å². The molecule has 0 unspecified atom stereocenters. The fraction of sp³-hybridized carbons (Fsp3) is 0.579. The van der Waals surface area contributed by atoms with E-state index in [1.165, 1.54) is 37.7 Å². The Hall–Kier alpha value is -0.486. The maximum Gasteiger partial charge on any atom is 0.235 e. The van der Waals surface area contributed by atoms with Gasteiger partial charge in [0.2, 0.25) is 11.8 Å². The van der Waals surface area contributed by atoms with Gasteiger partial charge in [-0.2, -0.15) is 0 Å². The van der Waals surface area contributed by atoms with Gasteiger partial charge in [0.15, 0.2) is 0 Å². The topological polar surface area (TPSA) is 56.3 Å². The summed E-state index contributed by atoms with van der Waals surface area (Å²) in [6, 6.07) is 6.66. The van der Waals surface area contributed by atoms with E-state index in [4.69, 9.17) is 21.4 Å². The van der Waals surface area contributed by atoms with Crippen LogP contribution in [0.1, 0.15) is 68.2 Å². The molecule has 26 heavy (non-hydrogen) atoms. The Kier molecular flexibility index (Phi) is 5.19. The zero-order chi connectivity index (χ0) is 17.0. The first-order chi connectivity index (χ1) is 12.2. The van der Waals surface area contributed by atoms with Crippen LogP contribution in [0.15, 0.2) is 22.6 Å². The Balaban J connectivity index is 0.00000168. The van der Waals surface area contributed by atoms with Gasteiger partial charge in [-0.1, -0.05) is 30.2 Å². The summed E-state index contributed by atoms with van der Waals surface area (Å²) in [5.41, 5.74) is 7.03. The fourth-order valence-electron chi connectivity index (χ4n) is 4.58. The first kappa shape index (κ1) is 18.9. The number of piperidine rings is 1. The van der Waals surface area contributed by atoms with Crippen LogP contribution in [0, 0.1) is 6.92 Å². The van der Waals surface area contributed by atoms with Crippen molar-refractivity contribution in [3.8, 4) is 0 Å². The summed E-state index contributed by atoms with van der Waals surface area (Å²) < 4.78 is 5.79. The molecule has 2 heterocycles. The molecule has 1 aliphatic heterocycles. The first-order valence-electron chi connectivity index (χ1n) is 9.27. The number of nitrogens with zero attached hydrogens (tertiary/aromatic N) is 4. The van der Waals surface area contributed by atoms with Crippen LogP contribution in [0.4, 0.5) is 5.69 Å². The molecule has 7 heteroatoms. The van der Waals surface area contributed by atoms with Crippen LogP contribution in [0.5, 0.6) is 0 Å². The Morgan fingerprint density at radius 1 is 1.23 bits per heavy atom. The van der Waals surface area contributed by atoms with Crippen molar-refractivity contribution in [2.24, 2.45) is 0 Å². The summed E-state index contributed by atoms with van der Waals surface area (Å²) in [5.74, 6) is 1.95. The van der Waals surface area contributed by atoms with E-state index in [-0.39, 0.29) is 38.2 Å². The molecule has 5 nitrogen and oxygen atoms in total. The van der Waals surface area contributed by atoms with Gasteiger partial charge in [0, 0.05) is 44.7 Å². The number of aryl methyl sites for hydroxylation is 1. The summed E-state index contributed by atoms with van der Waals surface area (Å²) in [6.07, 6.45) is 8.23. The third kappa shape index (κ3) is 2.95. The fourth-order valence-corrected chi connectivity index (χ4v) is 4.85. The van der Waals surface area contributed by atoms with E-state index in [9.17, 15) is 0 Å². The van der Waals surface area contributed by atoms with Crippen LogP contribution in [0.3, 0.4) is 0 Å². The van der Waals surface area contributed by atoms with Crippen LogP contribution in [-0.2, 0) is 38.2 Å². The monoisotopic (exact) mass is 446 g/mol. The second-order valence-electron chi connectivity index (χ2n) is 7.69. The van der Waals surface area contributed by atoms with Gasteiger partial charge in [-0.05, 0) is 62.1 Å². The molecule has 5 rings (SSSR count). The molecule has 1 aromatic heterocycles. The summed E-state index contributed by atoms with van der Waals surface area (Å²) in [4.78, 5) is 0. The maximum absolute atomic E-state index is 6.42. The van der Waals surface area contributed by atoms with Crippen molar-refractivity contribution in [2.75, 3.05) is 0 Å². The molecule has 135 valence electrons. The number of hydrogen-bond donors (Lipinski definition) is 0. The minimum absolute atomic E-state index is 0. The standard InChI is InChI=1S/C19H22ClN4O.Y/c1-12-21-22-18(25-12)19-9-3-6-15(11-19)24(19)23-14-7-8-17(20)16(10-14)13-4-2-5-13;/h7-8,10,13,15H,2-6,9,11H2,1H3;/q-1;/t15-,19+;/m1./s1. The van der Waals surface area contributed by atoms with E-state index in [2.05, 4.69) is 21.3 Å². The van der Waals surface area contributed by atoms with Crippen molar-refractivity contribution in [3.05, 3.63) is 46.0 Å². The molecule has 2 aromatic rings. The third-order valence-electron chi connectivity index (χ3n) is 6.16. The quantitative estimate of drug-likeness (QED) is 0.633. The van der Waals surface area contributed by atoms with Crippen molar-refractivity contribution in [1.29, 1.82) is 0 Å². The van der Waals surface area contributed by atoms with Gasteiger partial charge in [0.1, 0.15) is 0 Å². The summed E-state index contributed by atoms with van der Waals surface area (Å²) in [5, 5.41) is 11.4. The van der Waals surface area contributed by atoms with E-state index >= 15 is 0 Å². The van der Waals surface area contributed by atoms with Crippen molar-refractivity contribution in [3.63, 3.8) is 0 Å². The van der Waals surface area contributed by atoms with Crippen molar-refractivity contribution in [2.45, 2.75) is 69.4 Å². The maximum atomic E-state index is 6.42. The van der Waals surface area contributed by atoms with Gasteiger partial charge >= 0.3 is 0 Å². The first-order valence-corrected chi connectivity index (χ1v) is 9.64. The number of fused-ring (bicyclic) bond motifs is 2. The molecule has 2 atom stereocenters. The molecule has 1 radical (unpaired) electrons. The largest absolute Gasteiger partial charge is 0.619 e. The van der Waals surface area contributed by atoms with Crippen LogP contribution < -0.4 is 0 Å². The predicted octanol–water partition coefficient (Wildman–Crippen LogP) is 5.37. The van der Waals surface area contributed by atoms with Gasteiger partial charge in [-0.15, -0.1) is 15.9 Å². The van der Waals surface area contributed by atoms with E-state index < -0.39 is 0 Å². The molecule has 1 aromatic carbocycles. The Morgan fingerprint density at radius 2 is 2.08 bits per heavy atom. The average molecular weight is 447 g/mol. The summed E-state index contributed by atoms with van der Waals surface area (Å²) in [6.45, 7) is 1.84. The van der Waals surface area contributed by atoms with Gasteiger partial charge in [0.25, 0.3) is 0 Å². The van der Waals surface area contributed by atoms with Gasteiger partial charge in [-0.3, -0.25) is 0 Å². The molecule has 2 bridgehead atoms. The van der Waals surface area contributed by atoms with Crippen LogP contribution in [0.25, 0.3) is 5.43 Å². The van der Waals surface area contributed by atoms with E-state index in [0.717, 1.165) is 29.4 Å². The van der Waals surface area contributed by atoms with Gasteiger partial charge in [-0.25, -0.2) is 0 Å². The zero-order valence-electron chi connectivity index (χ0n) is 15.0. The molecule has 3 fully saturated rings. The molecule has 3 aliphatic rings. The molecule has 1 saturated heterocycles. The van der Waals surface area contributed by atoms with Crippen LogP contribution in [-0.4, -0.2) is 21.2 Å². The van der Waals surface area contributed by atoms with E-state index in [0.29, 0.717) is 17.9 Å². The molecule has 0 amide bonds. The Labute approximate surface area is 184 Å². The SMILES string of the molecule is Cc1nnc([C@]23CCC[C@H](C2)N3[N-]c2ccc(Cl)c(C3CCC3)c2)o1.[Y]. The number of aromatic nitrogens is 2. The van der Waals surface area contributed by atoms with E-state index in [1.807, 2.05) is 19.1 Å². The van der Waals surface area contributed by atoms with Crippen LogP contribution >= 0.6 is 11.6 Å². The second-order valence-corrected chi connectivity index (χ2v) is 8.09. The minimum Gasteiger partial charge on any atom is -0.619 e. The minimum atomic E-state index is -0.208. The molecule has 0 N–H and O–H groups in total. The smallest absolute Gasteiger partial charge is 0.235 e. The zero-order valence-corrected chi connectivity index (χ0v) is 18.6. The van der Waals surface area contributed by atoms with Crippen molar-refractivity contribution >= 4 is 17.3 Å². The third-order valence-corrected chi connectivity index (χ3v) is 6.50. The Morgan fingerprint density at radius 3 is 2.73 bits per heavy atom. The summed E-state index contributed by atoms with van der Waals surface area (Å²) >= 11 is 6.42. The normalized spacial score (nSPS) is 28.0. The molecule has 2 saturated carbocycles. The van der Waals surface area contributed by atoms with Gasteiger partial charge < -0.3 is 14.9 Å². The number of rotatable bonds is 4. The van der Waals surface area contributed by atoms with Crippen LogP contribution in [0.2, 0.25) is 5.02 Å². The second kappa shape index (κ2) is 7.16. The van der Waals surface area contributed by atoms with Crippen molar-refractivity contribution < 1.29 is 37.1 Å². The predicted molar refractivity (Wildman–Crippen MR) is 95.9 cm³/mol. The molecule has 2 aliphatic carbocycles. The molecular formula is C19H22ClN4OY-. The summed E-state index contributed by atoms with van der Waals surface area (Å²) in [7, 11) is 0. The number of halogens is 1. The van der Waals surface area contributed by atoms with E-state index in [1.54, 1.807) is 0 Å². The number of benzene rings is 1. The number of hydrogen-bond acceptors (Lipinski definition) is 4.